The normalized spacial score (nSPS) is 10.9. The average molecular weight is 395 g/mol. The van der Waals surface area contributed by atoms with E-state index in [1.807, 2.05) is 6.07 Å². The first-order valence-electron chi connectivity index (χ1n) is 10.9. The van der Waals surface area contributed by atoms with Crippen molar-refractivity contribution in [3.8, 4) is 11.5 Å². The molecule has 0 aromatic heterocycles. The second kappa shape index (κ2) is 16.2. The summed E-state index contributed by atoms with van der Waals surface area (Å²) in [6.45, 7) is 4.05. The van der Waals surface area contributed by atoms with Crippen LogP contribution in [-0.2, 0) is 11.2 Å². The highest BCUT2D eigenvalue weighted by Crippen LogP contribution is 2.31. The monoisotopic (exact) mass is 394 g/mol. The van der Waals surface area contributed by atoms with Crippen molar-refractivity contribution >= 4 is 6.16 Å². The molecule has 28 heavy (non-hydrogen) atoms. The Morgan fingerprint density at radius 1 is 0.857 bits per heavy atom. The van der Waals surface area contributed by atoms with E-state index in [-0.39, 0.29) is 11.5 Å². The minimum Gasteiger partial charge on any atom is -0.504 e. The lowest BCUT2D eigenvalue weighted by Crippen LogP contribution is -2.03. The fraction of sp³-hybridized carbons (Fsp3) is 0.696. The summed E-state index contributed by atoms with van der Waals surface area (Å²) in [5.74, 6) is -0.0487. The number of phenols is 1. The Hall–Kier alpha value is -1.75. The third-order valence-corrected chi connectivity index (χ3v) is 4.91. The van der Waals surface area contributed by atoms with Gasteiger partial charge in [0.15, 0.2) is 11.5 Å². The van der Waals surface area contributed by atoms with Crippen molar-refractivity contribution in [2.75, 3.05) is 13.2 Å². The van der Waals surface area contributed by atoms with Gasteiger partial charge in [0.1, 0.15) is 0 Å². The van der Waals surface area contributed by atoms with Gasteiger partial charge in [-0.1, -0.05) is 76.8 Å². The van der Waals surface area contributed by atoms with Crippen molar-refractivity contribution < 1.29 is 24.5 Å². The SMILES string of the molecule is CCCCCCOCCCCCCCCCCc1cccc(OC(=O)O)c1O. The molecule has 0 saturated carbocycles. The van der Waals surface area contributed by atoms with E-state index in [1.54, 1.807) is 6.07 Å². The molecule has 2 N–H and O–H groups in total. The second-order valence-electron chi connectivity index (χ2n) is 7.38. The molecule has 5 heteroatoms. The Balaban J connectivity index is 1.95. The molecular weight excluding hydrogens is 356 g/mol. The molecule has 0 aliphatic rings. The van der Waals surface area contributed by atoms with Crippen molar-refractivity contribution in [2.24, 2.45) is 0 Å². The van der Waals surface area contributed by atoms with Gasteiger partial charge in [0.05, 0.1) is 0 Å². The molecule has 0 aliphatic carbocycles. The van der Waals surface area contributed by atoms with Crippen molar-refractivity contribution in [1.82, 2.24) is 0 Å². The molecule has 0 spiro atoms. The fourth-order valence-corrected chi connectivity index (χ4v) is 3.26. The van der Waals surface area contributed by atoms with Gasteiger partial charge < -0.3 is 19.7 Å². The Kier molecular flexibility index (Phi) is 14.1. The molecule has 0 heterocycles. The lowest BCUT2D eigenvalue weighted by atomic mass is 10.0. The highest BCUT2D eigenvalue weighted by atomic mass is 16.7. The largest absolute Gasteiger partial charge is 0.511 e. The van der Waals surface area contributed by atoms with Crippen LogP contribution in [0.4, 0.5) is 4.79 Å². The average Bonchev–Trinajstić information content (AvgIpc) is 2.67. The third-order valence-electron chi connectivity index (χ3n) is 4.91. The van der Waals surface area contributed by atoms with E-state index in [0.717, 1.165) is 38.0 Å². The van der Waals surface area contributed by atoms with Gasteiger partial charge in [-0.2, -0.15) is 0 Å². The van der Waals surface area contributed by atoms with Crippen LogP contribution in [0.5, 0.6) is 11.5 Å². The number of para-hydroxylation sites is 1. The van der Waals surface area contributed by atoms with Gasteiger partial charge >= 0.3 is 6.16 Å². The number of rotatable bonds is 17. The quantitative estimate of drug-likeness (QED) is 0.174. The number of aromatic hydroxyl groups is 1. The number of carbonyl (C=O) groups is 1. The third kappa shape index (κ3) is 11.9. The summed E-state index contributed by atoms with van der Waals surface area (Å²) in [7, 11) is 0. The number of benzene rings is 1. The fourth-order valence-electron chi connectivity index (χ4n) is 3.26. The Morgan fingerprint density at radius 3 is 2.04 bits per heavy atom. The standard InChI is InChI=1S/C23H38O5/c1-2-3-4-12-18-27-19-13-10-8-6-5-7-9-11-15-20-16-14-17-21(22(20)24)28-23(25)26/h14,16-17,24H,2-13,15,18-19H2,1H3,(H,25,26). The number of ether oxygens (including phenoxy) is 2. The Bertz CT molecular complexity index is 530. The topological polar surface area (TPSA) is 76.0 Å². The lowest BCUT2D eigenvalue weighted by molar-refractivity contribution is 0.125. The number of phenolic OH excluding ortho intramolecular Hbond substituents is 1. The van der Waals surface area contributed by atoms with Gasteiger partial charge in [0, 0.05) is 13.2 Å². The predicted molar refractivity (Wildman–Crippen MR) is 112 cm³/mol. The van der Waals surface area contributed by atoms with Crippen molar-refractivity contribution in [2.45, 2.75) is 90.4 Å². The first-order valence-corrected chi connectivity index (χ1v) is 10.9. The number of hydrogen-bond acceptors (Lipinski definition) is 4. The summed E-state index contributed by atoms with van der Waals surface area (Å²) in [5, 5.41) is 18.7. The maximum atomic E-state index is 10.6. The van der Waals surface area contributed by atoms with E-state index >= 15 is 0 Å². The minimum atomic E-state index is -1.41. The number of aryl methyl sites for hydroxylation is 1. The maximum absolute atomic E-state index is 10.6. The summed E-state index contributed by atoms with van der Waals surface area (Å²) in [6, 6.07) is 4.99. The summed E-state index contributed by atoms with van der Waals surface area (Å²) < 4.78 is 10.2. The van der Waals surface area contributed by atoms with E-state index in [9.17, 15) is 9.90 Å². The minimum absolute atomic E-state index is 0.00920. The van der Waals surface area contributed by atoms with Crippen LogP contribution < -0.4 is 4.74 Å². The lowest BCUT2D eigenvalue weighted by Gasteiger charge is -2.08. The highest BCUT2D eigenvalue weighted by Gasteiger charge is 2.10. The molecule has 1 aromatic carbocycles. The molecule has 1 aromatic rings. The van der Waals surface area contributed by atoms with E-state index in [4.69, 9.17) is 9.84 Å². The highest BCUT2D eigenvalue weighted by molar-refractivity contribution is 5.63. The Morgan fingerprint density at radius 2 is 1.43 bits per heavy atom. The zero-order valence-corrected chi connectivity index (χ0v) is 17.5. The van der Waals surface area contributed by atoms with Gasteiger partial charge in [-0.05, 0) is 37.3 Å². The molecule has 0 fully saturated rings. The van der Waals surface area contributed by atoms with Crippen LogP contribution in [0.2, 0.25) is 0 Å². The van der Waals surface area contributed by atoms with Gasteiger partial charge in [0.2, 0.25) is 0 Å². The van der Waals surface area contributed by atoms with Crippen molar-refractivity contribution in [1.29, 1.82) is 0 Å². The van der Waals surface area contributed by atoms with E-state index in [2.05, 4.69) is 11.7 Å². The molecule has 0 saturated heterocycles. The van der Waals surface area contributed by atoms with Crippen LogP contribution in [0.25, 0.3) is 0 Å². The summed E-state index contributed by atoms with van der Waals surface area (Å²) in [5.41, 5.74) is 0.744. The molecule has 0 aliphatic heterocycles. The molecular formula is C23H38O5. The molecule has 0 bridgehead atoms. The summed E-state index contributed by atoms with van der Waals surface area (Å²) in [4.78, 5) is 10.6. The smallest absolute Gasteiger partial charge is 0.504 e. The molecule has 1 rings (SSSR count). The molecule has 0 atom stereocenters. The number of unbranched alkanes of at least 4 members (excludes halogenated alkanes) is 10. The van der Waals surface area contributed by atoms with Crippen LogP contribution in [0, 0.1) is 0 Å². The summed E-state index contributed by atoms with van der Waals surface area (Å²) >= 11 is 0. The molecule has 0 radical (unpaired) electrons. The number of carboxylic acid groups (broad SMARTS) is 1. The summed E-state index contributed by atoms with van der Waals surface area (Å²) in [6.07, 6.45) is 13.9. The van der Waals surface area contributed by atoms with Gasteiger partial charge in [-0.3, -0.25) is 0 Å². The van der Waals surface area contributed by atoms with Gasteiger partial charge in [-0.15, -0.1) is 0 Å². The molecule has 0 amide bonds. The van der Waals surface area contributed by atoms with Gasteiger partial charge in [-0.25, -0.2) is 4.79 Å². The van der Waals surface area contributed by atoms with E-state index < -0.39 is 6.16 Å². The first kappa shape index (κ1) is 24.3. The zero-order valence-electron chi connectivity index (χ0n) is 17.5. The molecule has 5 nitrogen and oxygen atoms in total. The second-order valence-corrected chi connectivity index (χ2v) is 7.38. The molecule has 160 valence electrons. The molecule has 0 unspecified atom stereocenters. The van der Waals surface area contributed by atoms with Gasteiger partial charge in [0.25, 0.3) is 0 Å². The van der Waals surface area contributed by atoms with E-state index in [1.165, 1.54) is 70.3 Å². The van der Waals surface area contributed by atoms with Crippen LogP contribution in [-0.4, -0.2) is 29.6 Å². The predicted octanol–water partition coefficient (Wildman–Crippen LogP) is 6.71. The number of hydrogen-bond donors (Lipinski definition) is 2. The van der Waals surface area contributed by atoms with Crippen molar-refractivity contribution in [3.05, 3.63) is 23.8 Å². The maximum Gasteiger partial charge on any atom is 0.511 e. The van der Waals surface area contributed by atoms with Crippen LogP contribution in [0.15, 0.2) is 18.2 Å². The van der Waals surface area contributed by atoms with Crippen molar-refractivity contribution in [3.63, 3.8) is 0 Å². The Labute approximate surface area is 170 Å². The first-order chi connectivity index (χ1) is 13.6. The zero-order chi connectivity index (χ0) is 20.5. The van der Waals surface area contributed by atoms with E-state index in [0.29, 0.717) is 0 Å². The van der Waals surface area contributed by atoms with Crippen LogP contribution >= 0.6 is 0 Å². The van der Waals surface area contributed by atoms with Crippen LogP contribution in [0.3, 0.4) is 0 Å². The van der Waals surface area contributed by atoms with Crippen LogP contribution in [0.1, 0.15) is 89.5 Å².